The molecule has 1 aliphatic heterocycles. The van der Waals surface area contributed by atoms with Crippen molar-refractivity contribution in [1.82, 2.24) is 10.2 Å². The maximum atomic E-state index is 13.1. The third-order valence-corrected chi connectivity index (χ3v) is 4.43. The van der Waals surface area contributed by atoms with E-state index >= 15 is 0 Å². The average Bonchev–Trinajstić information content (AvgIpc) is 2.81. The van der Waals surface area contributed by atoms with Crippen LogP contribution in [0.15, 0.2) is 22.7 Å². The predicted molar refractivity (Wildman–Crippen MR) is 80.7 cm³/mol. The Labute approximate surface area is 123 Å². The zero-order valence-corrected chi connectivity index (χ0v) is 13.0. The summed E-state index contributed by atoms with van der Waals surface area (Å²) in [6.45, 7) is 6.38. The topological polar surface area (TPSA) is 15.3 Å². The normalized spacial score (nSPS) is 20.1. The van der Waals surface area contributed by atoms with E-state index < -0.39 is 0 Å². The van der Waals surface area contributed by atoms with Gasteiger partial charge in [0.05, 0.1) is 0 Å². The van der Waals surface area contributed by atoms with Crippen molar-refractivity contribution in [1.29, 1.82) is 0 Å². The van der Waals surface area contributed by atoms with Crippen molar-refractivity contribution >= 4 is 15.9 Å². The summed E-state index contributed by atoms with van der Waals surface area (Å²) in [6.07, 6.45) is 3.70. The second kappa shape index (κ2) is 7.36. The molecule has 0 amide bonds. The second-order valence-corrected chi connectivity index (χ2v) is 6.06. The van der Waals surface area contributed by atoms with Crippen LogP contribution in [-0.2, 0) is 6.54 Å². The molecule has 106 valence electrons. The van der Waals surface area contributed by atoms with Gasteiger partial charge in [0, 0.05) is 23.6 Å². The van der Waals surface area contributed by atoms with Crippen molar-refractivity contribution in [2.45, 2.75) is 38.8 Å². The van der Waals surface area contributed by atoms with Gasteiger partial charge < -0.3 is 5.32 Å². The zero-order chi connectivity index (χ0) is 13.7. The number of rotatable bonds is 6. The number of nitrogens with one attached hydrogen (secondary N) is 1. The van der Waals surface area contributed by atoms with E-state index in [0.29, 0.717) is 6.04 Å². The summed E-state index contributed by atoms with van der Waals surface area (Å²) in [4.78, 5) is 2.50. The molecule has 1 saturated heterocycles. The zero-order valence-electron chi connectivity index (χ0n) is 11.5. The summed E-state index contributed by atoms with van der Waals surface area (Å²) in [7, 11) is 0. The molecule has 1 aromatic rings. The molecular weight excluding hydrogens is 307 g/mol. The number of benzene rings is 1. The van der Waals surface area contributed by atoms with Crippen LogP contribution >= 0.6 is 15.9 Å². The lowest BCUT2D eigenvalue weighted by molar-refractivity contribution is 0.239. The Balaban J connectivity index is 1.93. The first-order valence-corrected chi connectivity index (χ1v) is 7.88. The minimum atomic E-state index is -0.182. The molecule has 1 aliphatic rings. The molecule has 0 aliphatic carbocycles. The summed E-state index contributed by atoms with van der Waals surface area (Å²) in [5.74, 6) is -0.182. The van der Waals surface area contributed by atoms with Gasteiger partial charge >= 0.3 is 0 Å². The Kier molecular flexibility index (Phi) is 5.79. The van der Waals surface area contributed by atoms with E-state index in [2.05, 4.69) is 33.1 Å². The van der Waals surface area contributed by atoms with Gasteiger partial charge in [-0.3, -0.25) is 4.90 Å². The van der Waals surface area contributed by atoms with Crippen LogP contribution in [-0.4, -0.2) is 30.6 Å². The molecule has 4 heteroatoms. The molecular formula is C15H22BrFN2. The molecule has 1 aromatic carbocycles. The molecule has 19 heavy (non-hydrogen) atoms. The molecule has 0 radical (unpaired) electrons. The smallest absolute Gasteiger partial charge is 0.124 e. The number of nitrogens with zero attached hydrogens (tertiary/aromatic N) is 1. The Morgan fingerprint density at radius 1 is 1.47 bits per heavy atom. The van der Waals surface area contributed by atoms with Crippen molar-refractivity contribution in [3.05, 3.63) is 34.1 Å². The van der Waals surface area contributed by atoms with E-state index in [1.165, 1.54) is 24.8 Å². The highest BCUT2D eigenvalue weighted by Gasteiger charge is 2.24. The maximum Gasteiger partial charge on any atom is 0.124 e. The first-order valence-electron chi connectivity index (χ1n) is 7.09. The fourth-order valence-electron chi connectivity index (χ4n) is 2.65. The van der Waals surface area contributed by atoms with Gasteiger partial charge in [-0.2, -0.15) is 0 Å². The van der Waals surface area contributed by atoms with E-state index in [1.807, 2.05) is 6.07 Å². The average molecular weight is 329 g/mol. The van der Waals surface area contributed by atoms with Crippen LogP contribution < -0.4 is 5.32 Å². The summed E-state index contributed by atoms with van der Waals surface area (Å²) < 4.78 is 14.0. The SMILES string of the molecule is CCCNCC1CCCN1Cc1ccc(F)cc1Br. The molecule has 1 N–H and O–H groups in total. The van der Waals surface area contributed by atoms with Crippen molar-refractivity contribution < 1.29 is 4.39 Å². The quantitative estimate of drug-likeness (QED) is 0.803. The molecule has 0 aromatic heterocycles. The van der Waals surface area contributed by atoms with Crippen molar-refractivity contribution in [2.24, 2.45) is 0 Å². The van der Waals surface area contributed by atoms with Gasteiger partial charge in [-0.25, -0.2) is 4.39 Å². The van der Waals surface area contributed by atoms with Crippen molar-refractivity contribution in [3.63, 3.8) is 0 Å². The molecule has 1 heterocycles. The first kappa shape index (κ1) is 14.9. The minimum Gasteiger partial charge on any atom is -0.315 e. The third kappa shape index (κ3) is 4.26. The van der Waals surface area contributed by atoms with Crippen LogP contribution in [0.5, 0.6) is 0 Å². The highest BCUT2D eigenvalue weighted by Crippen LogP contribution is 2.24. The van der Waals surface area contributed by atoms with Gasteiger partial charge in [-0.15, -0.1) is 0 Å². The highest BCUT2D eigenvalue weighted by atomic mass is 79.9. The second-order valence-electron chi connectivity index (χ2n) is 5.21. The van der Waals surface area contributed by atoms with Gasteiger partial charge in [0.1, 0.15) is 5.82 Å². The number of halogens is 2. The molecule has 0 bridgehead atoms. The molecule has 2 nitrogen and oxygen atoms in total. The van der Waals surface area contributed by atoms with Crippen molar-refractivity contribution in [3.8, 4) is 0 Å². The fourth-order valence-corrected chi connectivity index (χ4v) is 3.12. The van der Waals surface area contributed by atoms with E-state index in [4.69, 9.17) is 0 Å². The number of hydrogen-bond donors (Lipinski definition) is 1. The van der Waals surface area contributed by atoms with Gasteiger partial charge in [0.25, 0.3) is 0 Å². The van der Waals surface area contributed by atoms with Crippen LogP contribution in [0.25, 0.3) is 0 Å². The lowest BCUT2D eigenvalue weighted by atomic mass is 10.1. The summed E-state index contributed by atoms with van der Waals surface area (Å²) in [5, 5.41) is 3.50. The van der Waals surface area contributed by atoms with Crippen LogP contribution in [0, 0.1) is 5.82 Å². The van der Waals surface area contributed by atoms with Gasteiger partial charge in [0.2, 0.25) is 0 Å². The first-order chi connectivity index (χ1) is 9.20. The summed E-state index contributed by atoms with van der Waals surface area (Å²) in [5.41, 5.74) is 1.17. The van der Waals surface area contributed by atoms with E-state index in [-0.39, 0.29) is 5.82 Å². The minimum absolute atomic E-state index is 0.182. The van der Waals surface area contributed by atoms with E-state index in [9.17, 15) is 4.39 Å². The van der Waals surface area contributed by atoms with Gasteiger partial charge in [-0.05, 0) is 50.0 Å². The fraction of sp³-hybridized carbons (Fsp3) is 0.600. The molecule has 1 fully saturated rings. The standard InChI is InChI=1S/C15H22BrFN2/c1-2-7-18-10-14-4-3-8-19(14)11-12-5-6-13(17)9-15(12)16/h5-6,9,14,18H,2-4,7-8,10-11H2,1H3. The Morgan fingerprint density at radius 2 is 2.32 bits per heavy atom. The van der Waals surface area contributed by atoms with Crippen LogP contribution in [0.1, 0.15) is 31.7 Å². The molecule has 2 rings (SSSR count). The molecule has 1 atom stereocenters. The van der Waals surface area contributed by atoms with Crippen molar-refractivity contribution in [2.75, 3.05) is 19.6 Å². The predicted octanol–water partition coefficient (Wildman–Crippen LogP) is 3.55. The monoisotopic (exact) mass is 328 g/mol. The third-order valence-electron chi connectivity index (χ3n) is 3.69. The summed E-state index contributed by atoms with van der Waals surface area (Å²) in [6, 6.07) is 5.59. The van der Waals surface area contributed by atoms with Crippen LogP contribution in [0.2, 0.25) is 0 Å². The molecule has 1 unspecified atom stereocenters. The van der Waals surface area contributed by atoms with Crippen LogP contribution in [0.4, 0.5) is 4.39 Å². The molecule has 0 saturated carbocycles. The molecule has 0 spiro atoms. The maximum absolute atomic E-state index is 13.1. The lowest BCUT2D eigenvalue weighted by Crippen LogP contribution is -2.37. The lowest BCUT2D eigenvalue weighted by Gasteiger charge is -2.25. The van der Waals surface area contributed by atoms with E-state index in [1.54, 1.807) is 12.1 Å². The Morgan fingerprint density at radius 3 is 3.05 bits per heavy atom. The Hall–Kier alpha value is -0.450. The number of likely N-dealkylation sites (tertiary alicyclic amines) is 1. The summed E-state index contributed by atoms with van der Waals surface area (Å²) >= 11 is 3.46. The Bertz CT molecular complexity index is 411. The van der Waals surface area contributed by atoms with E-state index in [0.717, 1.165) is 30.7 Å². The largest absolute Gasteiger partial charge is 0.315 e. The van der Waals surface area contributed by atoms with Gasteiger partial charge in [0.15, 0.2) is 0 Å². The highest BCUT2D eigenvalue weighted by molar-refractivity contribution is 9.10. The number of hydrogen-bond acceptors (Lipinski definition) is 2. The van der Waals surface area contributed by atoms with Gasteiger partial charge in [-0.1, -0.05) is 28.9 Å². The van der Waals surface area contributed by atoms with Crippen LogP contribution in [0.3, 0.4) is 0 Å².